The number of nitrogens with zero attached hydrogens (tertiary/aromatic N) is 1. The van der Waals surface area contributed by atoms with E-state index in [2.05, 4.69) is 20.7 Å². The first kappa shape index (κ1) is 16.8. The highest BCUT2D eigenvalue weighted by Gasteiger charge is 2.16. The Bertz CT molecular complexity index is 495. The van der Waals surface area contributed by atoms with Gasteiger partial charge in [-0.1, -0.05) is 27.5 Å². The molecule has 0 fully saturated rings. The third kappa shape index (κ3) is 5.02. The molecule has 0 N–H and O–H groups in total. The van der Waals surface area contributed by atoms with E-state index in [1.54, 1.807) is 25.1 Å². The van der Waals surface area contributed by atoms with Crippen molar-refractivity contribution in [3.05, 3.63) is 27.7 Å². The van der Waals surface area contributed by atoms with E-state index < -0.39 is 5.97 Å². The lowest BCUT2D eigenvalue weighted by atomic mass is 10.3. The first-order valence-electron chi connectivity index (χ1n) is 5.90. The van der Waals surface area contributed by atoms with E-state index in [0.29, 0.717) is 17.3 Å². The molecule has 0 bridgehead atoms. The summed E-state index contributed by atoms with van der Waals surface area (Å²) >= 11 is 9.26. The molecule has 0 radical (unpaired) electrons. The van der Waals surface area contributed by atoms with Gasteiger partial charge in [0.05, 0.1) is 12.1 Å². The molecular formula is C13H15BrClNO4. The number of hydrogen-bond donors (Lipinski definition) is 0. The van der Waals surface area contributed by atoms with Crippen LogP contribution in [0.4, 0.5) is 0 Å². The predicted octanol–water partition coefficient (Wildman–Crippen LogP) is 2.50. The fourth-order valence-corrected chi connectivity index (χ4v) is 2.15. The highest BCUT2D eigenvalue weighted by atomic mass is 79.9. The quantitative estimate of drug-likeness (QED) is 0.728. The van der Waals surface area contributed by atoms with E-state index in [4.69, 9.17) is 16.3 Å². The second kappa shape index (κ2) is 8.11. The molecule has 0 aromatic heterocycles. The van der Waals surface area contributed by atoms with Gasteiger partial charge in [0.1, 0.15) is 12.3 Å². The zero-order chi connectivity index (χ0) is 15.1. The summed E-state index contributed by atoms with van der Waals surface area (Å²) in [5, 5.41) is 0.406. The number of hydrogen-bond acceptors (Lipinski definition) is 4. The number of benzene rings is 1. The smallest absolute Gasteiger partial charge is 0.325 e. The fourth-order valence-electron chi connectivity index (χ4n) is 1.42. The second-order valence-corrected chi connectivity index (χ2v) is 5.17. The van der Waals surface area contributed by atoms with Gasteiger partial charge in [-0.3, -0.25) is 9.59 Å². The maximum atomic E-state index is 11.9. The minimum absolute atomic E-state index is 0.0940. The lowest BCUT2D eigenvalue weighted by Crippen LogP contribution is -2.38. The van der Waals surface area contributed by atoms with E-state index >= 15 is 0 Å². The van der Waals surface area contributed by atoms with Crippen LogP contribution in [-0.4, -0.2) is 43.6 Å². The topological polar surface area (TPSA) is 55.8 Å². The number of likely N-dealkylation sites (N-methyl/N-ethyl adjacent to an activating group) is 1. The normalized spacial score (nSPS) is 10.0. The SMILES string of the molecule is CCN(CC(=O)OC)C(=O)COc1ccc(Br)cc1Cl. The van der Waals surface area contributed by atoms with Crippen molar-refractivity contribution >= 4 is 39.4 Å². The summed E-state index contributed by atoms with van der Waals surface area (Å²) < 4.78 is 10.7. The Morgan fingerprint density at radius 3 is 2.65 bits per heavy atom. The maximum Gasteiger partial charge on any atom is 0.325 e. The van der Waals surface area contributed by atoms with Crippen LogP contribution in [0.1, 0.15) is 6.92 Å². The monoisotopic (exact) mass is 363 g/mol. The van der Waals surface area contributed by atoms with Crippen LogP contribution in [0.5, 0.6) is 5.75 Å². The summed E-state index contributed by atoms with van der Waals surface area (Å²) in [6.07, 6.45) is 0. The van der Waals surface area contributed by atoms with Crippen molar-refractivity contribution < 1.29 is 19.1 Å². The average molecular weight is 365 g/mol. The third-order valence-corrected chi connectivity index (χ3v) is 3.32. The highest BCUT2D eigenvalue weighted by molar-refractivity contribution is 9.10. The fraction of sp³-hybridized carbons (Fsp3) is 0.385. The van der Waals surface area contributed by atoms with Crippen molar-refractivity contribution in [1.82, 2.24) is 4.90 Å². The predicted molar refractivity (Wildman–Crippen MR) is 78.9 cm³/mol. The zero-order valence-corrected chi connectivity index (χ0v) is 13.5. The number of methoxy groups -OCH3 is 1. The van der Waals surface area contributed by atoms with Crippen molar-refractivity contribution in [2.24, 2.45) is 0 Å². The van der Waals surface area contributed by atoms with Crippen LogP contribution in [-0.2, 0) is 14.3 Å². The molecule has 0 spiro atoms. The highest BCUT2D eigenvalue weighted by Crippen LogP contribution is 2.27. The minimum Gasteiger partial charge on any atom is -0.482 e. The number of carbonyl (C=O) groups excluding carboxylic acids is 2. The molecule has 0 saturated heterocycles. The van der Waals surface area contributed by atoms with Crippen LogP contribution in [0.3, 0.4) is 0 Å². The van der Waals surface area contributed by atoms with Crippen LogP contribution in [0.25, 0.3) is 0 Å². The molecule has 110 valence electrons. The number of carbonyl (C=O) groups is 2. The molecule has 20 heavy (non-hydrogen) atoms. The summed E-state index contributed by atoms with van der Waals surface area (Å²) in [7, 11) is 1.28. The molecule has 1 rings (SSSR count). The molecule has 5 nitrogen and oxygen atoms in total. The van der Waals surface area contributed by atoms with E-state index in [9.17, 15) is 9.59 Å². The van der Waals surface area contributed by atoms with Crippen molar-refractivity contribution in [2.45, 2.75) is 6.92 Å². The summed E-state index contributed by atoms with van der Waals surface area (Å²) in [5.74, 6) is -0.365. The zero-order valence-electron chi connectivity index (χ0n) is 11.2. The van der Waals surface area contributed by atoms with Crippen LogP contribution in [0, 0.1) is 0 Å². The number of halogens is 2. The van der Waals surface area contributed by atoms with E-state index in [0.717, 1.165) is 4.47 Å². The second-order valence-electron chi connectivity index (χ2n) is 3.85. The van der Waals surface area contributed by atoms with Gasteiger partial charge in [0.25, 0.3) is 5.91 Å². The molecule has 1 aromatic rings. The Hall–Kier alpha value is -1.27. The average Bonchev–Trinajstić information content (AvgIpc) is 2.43. The van der Waals surface area contributed by atoms with E-state index in [1.165, 1.54) is 12.0 Å². The molecule has 0 aliphatic heterocycles. The molecule has 7 heteroatoms. The standard InChI is InChI=1S/C13H15BrClNO4/c1-3-16(7-13(18)19-2)12(17)8-20-11-5-4-9(14)6-10(11)15/h4-6H,3,7-8H2,1-2H3. The first-order valence-corrected chi connectivity index (χ1v) is 7.07. The lowest BCUT2D eigenvalue weighted by Gasteiger charge is -2.19. The van der Waals surface area contributed by atoms with Crippen molar-refractivity contribution in [1.29, 1.82) is 0 Å². The number of ether oxygens (including phenoxy) is 2. The van der Waals surface area contributed by atoms with Crippen LogP contribution in [0.15, 0.2) is 22.7 Å². The van der Waals surface area contributed by atoms with Crippen molar-refractivity contribution in [3.63, 3.8) is 0 Å². The molecule has 0 heterocycles. The van der Waals surface area contributed by atoms with Gasteiger partial charge >= 0.3 is 5.97 Å². The van der Waals surface area contributed by atoms with Crippen LogP contribution < -0.4 is 4.74 Å². The first-order chi connectivity index (χ1) is 9.47. The number of amides is 1. The Morgan fingerprint density at radius 2 is 2.10 bits per heavy atom. The van der Waals surface area contributed by atoms with E-state index in [-0.39, 0.29) is 19.1 Å². The molecule has 1 amide bonds. The van der Waals surface area contributed by atoms with E-state index in [1.807, 2.05) is 0 Å². The molecule has 0 unspecified atom stereocenters. The van der Waals surface area contributed by atoms with Gasteiger partial charge in [-0.2, -0.15) is 0 Å². The maximum absolute atomic E-state index is 11.9. The Kier molecular flexibility index (Phi) is 6.81. The largest absolute Gasteiger partial charge is 0.482 e. The third-order valence-electron chi connectivity index (χ3n) is 2.53. The van der Waals surface area contributed by atoms with Gasteiger partial charge in [-0.05, 0) is 25.1 Å². The molecule has 0 atom stereocenters. The van der Waals surface area contributed by atoms with Gasteiger partial charge in [0.15, 0.2) is 6.61 Å². The van der Waals surface area contributed by atoms with Gasteiger partial charge in [-0.25, -0.2) is 0 Å². The molecule has 0 aliphatic rings. The van der Waals surface area contributed by atoms with Gasteiger partial charge in [-0.15, -0.1) is 0 Å². The van der Waals surface area contributed by atoms with Crippen molar-refractivity contribution in [2.75, 3.05) is 26.8 Å². The van der Waals surface area contributed by atoms with Gasteiger partial charge < -0.3 is 14.4 Å². The molecule has 0 saturated carbocycles. The number of rotatable bonds is 6. The van der Waals surface area contributed by atoms with Crippen LogP contribution >= 0.6 is 27.5 Å². The molecule has 0 aliphatic carbocycles. The van der Waals surface area contributed by atoms with Gasteiger partial charge in [0.2, 0.25) is 0 Å². The van der Waals surface area contributed by atoms with Crippen LogP contribution in [0.2, 0.25) is 5.02 Å². The van der Waals surface area contributed by atoms with Gasteiger partial charge in [0, 0.05) is 11.0 Å². The Morgan fingerprint density at radius 1 is 1.40 bits per heavy atom. The summed E-state index contributed by atoms with van der Waals surface area (Å²) in [6, 6.07) is 5.10. The summed E-state index contributed by atoms with van der Waals surface area (Å²) in [6.45, 7) is 1.88. The minimum atomic E-state index is -0.470. The molecule has 1 aromatic carbocycles. The Labute approximate surface area is 130 Å². The molecular weight excluding hydrogens is 350 g/mol. The lowest BCUT2D eigenvalue weighted by molar-refractivity contribution is -0.147. The summed E-state index contributed by atoms with van der Waals surface area (Å²) in [5.41, 5.74) is 0. The summed E-state index contributed by atoms with van der Waals surface area (Å²) in [4.78, 5) is 24.4. The van der Waals surface area contributed by atoms with Crippen molar-refractivity contribution in [3.8, 4) is 5.75 Å². The number of esters is 1. The Balaban J connectivity index is 2.58.